The highest BCUT2D eigenvalue weighted by Crippen LogP contribution is 2.59. The Balaban J connectivity index is 0.000000181. The number of amides is 2. The van der Waals surface area contributed by atoms with Crippen molar-refractivity contribution in [2.24, 2.45) is 21.8 Å². The van der Waals surface area contributed by atoms with Crippen LogP contribution < -0.4 is 5.32 Å². The molecule has 2 aliphatic carbocycles. The van der Waals surface area contributed by atoms with Crippen LogP contribution in [0.3, 0.4) is 0 Å². The summed E-state index contributed by atoms with van der Waals surface area (Å²) >= 11 is 26.5. The topological polar surface area (TPSA) is 147 Å². The molecule has 2 saturated carbocycles. The number of hydrogen-bond donors (Lipinski definition) is 2. The number of pyridine rings is 2. The van der Waals surface area contributed by atoms with Gasteiger partial charge in [0.25, 0.3) is 5.91 Å². The average Bonchev–Trinajstić information content (AvgIpc) is 4.19. The molecule has 2 amide bonds. The fraction of sp³-hybridized carbons (Fsp3) is 0.436. The zero-order valence-electron chi connectivity index (χ0n) is 42.8. The van der Waals surface area contributed by atoms with Crippen molar-refractivity contribution in [1.29, 1.82) is 0 Å². The molecular formula is C55H54Cl4F3N9O4S2. The van der Waals surface area contributed by atoms with Gasteiger partial charge in [0.05, 0.1) is 34.2 Å². The Morgan fingerprint density at radius 3 is 1.65 bits per heavy atom. The van der Waals surface area contributed by atoms with E-state index in [-0.39, 0.29) is 62.6 Å². The molecule has 0 radical (unpaired) electrons. The standard InChI is InChI=1S/C34H36Cl2F2N6O2S.C21H18Cl2FN3O2S/c1-18(2)26-27(30(46)42-15-21(37)13-24(42)29(45)43-17-33(8-9-33)40-16-34(43)10-11-34)47-31-41-32(3,20-5-7-25(36)39-14-20)28(44(26)31)19-4-6-22(35)23(38)12-19;1-10(2)16-17(19(28)29)30-20-26-21(3,12-5-7-15(23)25-9-12)18(27(16)20)11-4-6-13(22)14(24)8-11/h4-7,12,14,18,21,24,28,40H,8-11,13,15-17H2,1-3H3;4-10,18H,1-3H3,(H,28,29)/t21-,24+,28-,32+;18-,21+/m11/s1. The highest BCUT2D eigenvalue weighted by Gasteiger charge is 2.62. The highest BCUT2D eigenvalue weighted by atomic mass is 35.5. The van der Waals surface area contributed by atoms with Crippen LogP contribution >= 0.6 is 69.9 Å². The molecule has 4 aromatic rings. The van der Waals surface area contributed by atoms with Crippen molar-refractivity contribution < 1.29 is 32.7 Å². The van der Waals surface area contributed by atoms with Gasteiger partial charge in [0.2, 0.25) is 5.91 Å². The number of alkyl halides is 1. The van der Waals surface area contributed by atoms with Gasteiger partial charge in [-0.05, 0) is 122 Å². The van der Waals surface area contributed by atoms with Crippen molar-refractivity contribution in [3.63, 3.8) is 0 Å². The number of nitrogens with zero attached hydrogens (tertiary/aromatic N) is 8. The summed E-state index contributed by atoms with van der Waals surface area (Å²) in [6, 6.07) is 14.5. The number of aromatic nitrogens is 2. The van der Waals surface area contributed by atoms with Crippen LogP contribution in [-0.4, -0.2) is 106 Å². The molecule has 77 heavy (non-hydrogen) atoms. The van der Waals surface area contributed by atoms with Crippen LogP contribution in [0.1, 0.15) is 108 Å². The van der Waals surface area contributed by atoms with Crippen molar-refractivity contribution in [2.45, 2.75) is 120 Å². The van der Waals surface area contributed by atoms with Crippen LogP contribution in [0.5, 0.6) is 0 Å². The van der Waals surface area contributed by atoms with Gasteiger partial charge in [-0.15, -0.1) is 0 Å². The average molecular weight is 1170 g/mol. The summed E-state index contributed by atoms with van der Waals surface area (Å²) < 4.78 is 44.6. The van der Waals surface area contributed by atoms with E-state index < -0.39 is 53.0 Å². The number of benzene rings is 2. The molecule has 404 valence electrons. The van der Waals surface area contributed by atoms with Gasteiger partial charge in [0.1, 0.15) is 55.0 Å². The van der Waals surface area contributed by atoms with E-state index in [4.69, 9.17) is 56.4 Å². The van der Waals surface area contributed by atoms with Crippen molar-refractivity contribution in [2.75, 3.05) is 19.6 Å². The number of aliphatic carboxylic acids is 1. The first-order valence-corrected chi connectivity index (χ1v) is 28.6. The number of carbonyl (C=O) groups excluding carboxylic acids is 2. The van der Waals surface area contributed by atoms with E-state index in [1.165, 1.54) is 40.9 Å². The molecule has 6 atom stereocenters. The van der Waals surface area contributed by atoms with Crippen LogP contribution in [0.25, 0.3) is 0 Å². The van der Waals surface area contributed by atoms with Crippen LogP contribution in [0, 0.1) is 23.5 Å². The normalized spacial score (nSPS) is 27.4. The van der Waals surface area contributed by atoms with Crippen LogP contribution in [0.15, 0.2) is 104 Å². The minimum atomic E-state index is -1.29. The smallest absolute Gasteiger partial charge is 0.344 e. The molecule has 8 aliphatic rings. The van der Waals surface area contributed by atoms with Gasteiger partial charge in [0.15, 0.2) is 10.3 Å². The fourth-order valence-corrected chi connectivity index (χ4v) is 15.0. The van der Waals surface area contributed by atoms with E-state index in [9.17, 15) is 28.3 Å². The van der Waals surface area contributed by atoms with E-state index in [1.807, 2.05) is 68.4 Å². The van der Waals surface area contributed by atoms with E-state index in [0.717, 1.165) is 55.1 Å². The summed E-state index contributed by atoms with van der Waals surface area (Å²) in [4.78, 5) is 67.3. The van der Waals surface area contributed by atoms with Crippen molar-refractivity contribution in [3.05, 3.63) is 149 Å². The van der Waals surface area contributed by atoms with Crippen molar-refractivity contribution in [1.82, 2.24) is 34.9 Å². The maximum atomic E-state index is 15.2. The number of amidine groups is 2. The van der Waals surface area contributed by atoms with Crippen molar-refractivity contribution >= 4 is 98.0 Å². The lowest BCUT2D eigenvalue weighted by Crippen LogP contribution is -2.64. The number of hydrogen-bond acceptors (Lipinski definition) is 12. The number of carbonyl (C=O) groups is 3. The number of piperazine rings is 1. The predicted octanol–water partition coefficient (Wildman–Crippen LogP) is 12.1. The highest BCUT2D eigenvalue weighted by molar-refractivity contribution is 8.18. The quantitative estimate of drug-likeness (QED) is 0.154. The molecule has 2 aromatic heterocycles. The van der Waals surface area contributed by atoms with Crippen LogP contribution in [-0.2, 0) is 25.5 Å². The first-order valence-electron chi connectivity index (χ1n) is 25.5. The molecule has 22 heteroatoms. The van der Waals surface area contributed by atoms with Gasteiger partial charge in [-0.1, -0.05) is 98.4 Å². The van der Waals surface area contributed by atoms with Gasteiger partial charge >= 0.3 is 5.97 Å². The lowest BCUT2D eigenvalue weighted by atomic mass is 9.81. The third kappa shape index (κ3) is 9.32. The molecule has 6 aliphatic heterocycles. The molecule has 2 spiro atoms. The lowest BCUT2D eigenvalue weighted by molar-refractivity contribution is -0.146. The zero-order valence-corrected chi connectivity index (χ0v) is 47.4. The molecule has 8 heterocycles. The second-order valence-electron chi connectivity index (χ2n) is 22.1. The number of likely N-dealkylation sites (tertiary alicyclic amines) is 1. The number of allylic oxidation sites excluding steroid dienone is 2. The number of carboxylic acids is 1. The number of rotatable bonds is 9. The van der Waals surface area contributed by atoms with E-state index in [2.05, 4.69) is 15.3 Å². The second-order valence-corrected chi connectivity index (χ2v) is 25.6. The van der Waals surface area contributed by atoms with E-state index in [0.29, 0.717) is 54.6 Å². The largest absolute Gasteiger partial charge is 0.477 e. The Hall–Kier alpha value is -4.82. The maximum Gasteiger partial charge on any atom is 0.344 e. The minimum Gasteiger partial charge on any atom is -0.477 e. The van der Waals surface area contributed by atoms with Crippen molar-refractivity contribution in [3.8, 4) is 0 Å². The van der Waals surface area contributed by atoms with E-state index >= 15 is 4.39 Å². The summed E-state index contributed by atoms with van der Waals surface area (Å²) in [7, 11) is 0. The van der Waals surface area contributed by atoms with Gasteiger partial charge in [-0.25, -0.2) is 37.9 Å². The van der Waals surface area contributed by atoms with E-state index in [1.54, 1.807) is 36.7 Å². The van der Waals surface area contributed by atoms with Gasteiger partial charge < -0.3 is 30.0 Å². The predicted molar refractivity (Wildman–Crippen MR) is 295 cm³/mol. The number of aliphatic imine (C=N–C) groups is 2. The van der Waals surface area contributed by atoms with Gasteiger partial charge in [-0.2, -0.15) is 0 Å². The summed E-state index contributed by atoms with van der Waals surface area (Å²) in [6.45, 7) is 12.9. The number of halogens is 7. The SMILES string of the molecule is CC(C)C1=C(C(=O)N2C[C@H](F)C[C@H]2C(=O)N2CC3(CC3)NCC23CC3)SC2=N[C@@](C)(c3ccc(Cl)nc3)[C@@H](c3ccc(Cl)c(F)c3)N21.CC(C)C1=C(C(=O)O)SC2=N[C@@](C)(c3ccc(Cl)nc3)[C@@H](c3ccc(Cl)c(F)c3)N21. The molecular weight excluding hydrogens is 1110 g/mol. The molecule has 2 N–H and O–H groups in total. The minimum absolute atomic E-state index is 0.00429. The van der Waals surface area contributed by atoms with Crippen LogP contribution in [0.4, 0.5) is 13.2 Å². The third-order valence-electron chi connectivity index (χ3n) is 16.2. The molecule has 0 bridgehead atoms. The Kier molecular flexibility index (Phi) is 13.9. The molecule has 0 unspecified atom stereocenters. The lowest BCUT2D eigenvalue weighted by Gasteiger charge is -2.43. The fourth-order valence-electron chi connectivity index (χ4n) is 11.9. The first kappa shape index (κ1) is 54.2. The number of nitrogens with one attached hydrogen (secondary N) is 1. The molecule has 4 fully saturated rings. The Morgan fingerprint density at radius 2 is 1.22 bits per heavy atom. The molecule has 2 saturated heterocycles. The molecule has 12 rings (SSSR count). The number of carboxylic acid groups (broad SMARTS) is 1. The van der Waals surface area contributed by atoms with Gasteiger partial charge in [0, 0.05) is 60.0 Å². The zero-order chi connectivity index (χ0) is 54.8. The maximum absolute atomic E-state index is 15.2. The summed E-state index contributed by atoms with van der Waals surface area (Å²) in [5.74, 6) is -2.86. The van der Waals surface area contributed by atoms with Gasteiger partial charge in [-0.3, -0.25) is 9.59 Å². The van der Waals surface area contributed by atoms with Crippen LogP contribution in [0.2, 0.25) is 20.4 Å². The first-order chi connectivity index (χ1) is 36.5. The number of thioether (sulfide) groups is 2. The Morgan fingerprint density at radius 1 is 0.727 bits per heavy atom. The molecule has 2 aromatic carbocycles. The molecule has 13 nitrogen and oxygen atoms in total. The Labute approximate surface area is 472 Å². The summed E-state index contributed by atoms with van der Waals surface area (Å²) in [5, 5.41) is 15.2. The Bertz CT molecular complexity index is 3270. The third-order valence-corrected chi connectivity index (χ3v) is 19.4. The number of fused-ring (bicyclic) bond motifs is 2. The summed E-state index contributed by atoms with van der Waals surface area (Å²) in [6.07, 6.45) is 5.90. The summed E-state index contributed by atoms with van der Waals surface area (Å²) in [5.41, 5.74) is 2.14. The second kappa shape index (κ2) is 19.8. The monoisotopic (exact) mass is 1170 g/mol.